The Hall–Kier alpha value is -2.06. The number of carbonyl (C=O) groups is 2. The van der Waals surface area contributed by atoms with Crippen LogP contribution < -0.4 is 10.1 Å². The molecule has 0 fully saturated rings. The number of esters is 1. The number of ether oxygens (including phenoxy) is 2. The molecular weight excluding hydrogens is 392 g/mol. The number of rotatable bonds is 7. The topological polar surface area (TPSA) is 88.1 Å². The van der Waals surface area contributed by atoms with E-state index in [4.69, 9.17) is 21.1 Å². The zero-order valence-electron chi connectivity index (χ0n) is 15.7. The minimum absolute atomic E-state index is 0.0576. The SMILES string of the molecule is CCSCCOC(=O)C1=C(C)N(C)C(=O)N[C@@H]1c1cc(Cl)c(O)c(OC)c1. The predicted octanol–water partition coefficient (Wildman–Crippen LogP) is 3.32. The van der Waals surface area contributed by atoms with Crippen molar-refractivity contribution in [1.82, 2.24) is 10.2 Å². The minimum atomic E-state index is -0.771. The van der Waals surface area contributed by atoms with E-state index in [9.17, 15) is 14.7 Å². The van der Waals surface area contributed by atoms with E-state index in [1.165, 1.54) is 24.1 Å². The monoisotopic (exact) mass is 414 g/mol. The van der Waals surface area contributed by atoms with Gasteiger partial charge in [-0.3, -0.25) is 0 Å². The third-order valence-corrected chi connectivity index (χ3v) is 5.39. The largest absolute Gasteiger partial charge is 0.503 e. The second-order valence-electron chi connectivity index (χ2n) is 5.83. The Morgan fingerprint density at radius 3 is 2.78 bits per heavy atom. The highest BCUT2D eigenvalue weighted by atomic mass is 35.5. The Morgan fingerprint density at radius 1 is 1.44 bits per heavy atom. The lowest BCUT2D eigenvalue weighted by molar-refractivity contribution is -0.139. The average molecular weight is 415 g/mol. The summed E-state index contributed by atoms with van der Waals surface area (Å²) in [6.45, 7) is 3.99. The van der Waals surface area contributed by atoms with Crippen molar-refractivity contribution in [3.63, 3.8) is 0 Å². The first-order valence-corrected chi connectivity index (χ1v) is 9.91. The lowest BCUT2D eigenvalue weighted by Gasteiger charge is -2.33. The van der Waals surface area contributed by atoms with E-state index in [1.54, 1.807) is 25.7 Å². The molecule has 1 atom stereocenters. The van der Waals surface area contributed by atoms with Gasteiger partial charge in [-0.25, -0.2) is 9.59 Å². The van der Waals surface area contributed by atoms with Gasteiger partial charge in [0.25, 0.3) is 0 Å². The van der Waals surface area contributed by atoms with Gasteiger partial charge in [0.05, 0.1) is 23.7 Å². The molecule has 0 saturated carbocycles. The molecule has 0 radical (unpaired) electrons. The van der Waals surface area contributed by atoms with Gasteiger partial charge in [-0.15, -0.1) is 0 Å². The number of phenols is 1. The van der Waals surface area contributed by atoms with Crippen molar-refractivity contribution in [3.8, 4) is 11.5 Å². The highest BCUT2D eigenvalue weighted by molar-refractivity contribution is 7.99. The van der Waals surface area contributed by atoms with E-state index in [0.29, 0.717) is 22.6 Å². The number of methoxy groups -OCH3 is 1. The fourth-order valence-electron chi connectivity index (χ4n) is 2.68. The summed E-state index contributed by atoms with van der Waals surface area (Å²) in [6, 6.07) is 1.89. The van der Waals surface area contributed by atoms with Gasteiger partial charge in [0.2, 0.25) is 0 Å². The maximum Gasteiger partial charge on any atom is 0.338 e. The zero-order valence-corrected chi connectivity index (χ0v) is 17.2. The van der Waals surface area contributed by atoms with Crippen molar-refractivity contribution in [2.24, 2.45) is 0 Å². The number of phenolic OH excluding ortho intramolecular Hbond substituents is 1. The van der Waals surface area contributed by atoms with Crippen molar-refractivity contribution in [2.75, 3.05) is 32.3 Å². The summed E-state index contributed by atoms with van der Waals surface area (Å²) in [5.41, 5.74) is 1.30. The molecule has 2 rings (SSSR count). The summed E-state index contributed by atoms with van der Waals surface area (Å²) < 4.78 is 10.5. The van der Waals surface area contributed by atoms with Gasteiger partial charge in [-0.2, -0.15) is 11.8 Å². The predicted molar refractivity (Wildman–Crippen MR) is 105 cm³/mol. The molecule has 2 amide bonds. The Balaban J connectivity index is 2.42. The number of hydrogen-bond acceptors (Lipinski definition) is 6. The lowest BCUT2D eigenvalue weighted by atomic mass is 9.94. The molecule has 1 aromatic rings. The minimum Gasteiger partial charge on any atom is -0.503 e. The van der Waals surface area contributed by atoms with Crippen LogP contribution in [-0.4, -0.2) is 54.3 Å². The Kier molecular flexibility index (Phi) is 7.26. The molecule has 0 aliphatic carbocycles. The van der Waals surface area contributed by atoms with Crippen molar-refractivity contribution in [1.29, 1.82) is 0 Å². The number of benzene rings is 1. The zero-order chi connectivity index (χ0) is 20.1. The van der Waals surface area contributed by atoms with Crippen LogP contribution in [0.5, 0.6) is 11.5 Å². The van der Waals surface area contributed by atoms with Crippen molar-refractivity contribution in [2.45, 2.75) is 19.9 Å². The summed E-state index contributed by atoms with van der Waals surface area (Å²) in [4.78, 5) is 26.4. The van der Waals surface area contributed by atoms with E-state index in [2.05, 4.69) is 5.32 Å². The normalized spacial score (nSPS) is 17.0. The fourth-order valence-corrected chi connectivity index (χ4v) is 3.39. The molecule has 0 aromatic heterocycles. The average Bonchev–Trinajstić information content (AvgIpc) is 2.64. The van der Waals surface area contributed by atoms with Gasteiger partial charge in [-0.1, -0.05) is 18.5 Å². The maximum atomic E-state index is 12.7. The van der Waals surface area contributed by atoms with Crippen LogP contribution >= 0.6 is 23.4 Å². The number of carbonyl (C=O) groups excluding carboxylic acids is 2. The first kappa shape index (κ1) is 21.2. The number of nitrogens with zero attached hydrogens (tertiary/aromatic N) is 1. The van der Waals surface area contributed by atoms with E-state index < -0.39 is 12.0 Å². The second-order valence-corrected chi connectivity index (χ2v) is 7.63. The number of hydrogen-bond donors (Lipinski definition) is 2. The van der Waals surface area contributed by atoms with Crippen molar-refractivity contribution >= 4 is 35.4 Å². The summed E-state index contributed by atoms with van der Waals surface area (Å²) in [5.74, 6) is 1.07. The number of halogens is 1. The molecule has 1 aliphatic rings. The molecule has 0 spiro atoms. The lowest BCUT2D eigenvalue weighted by Crippen LogP contribution is -2.46. The van der Waals surface area contributed by atoms with Gasteiger partial charge in [0, 0.05) is 18.5 Å². The summed E-state index contributed by atoms with van der Waals surface area (Å²) in [7, 11) is 2.97. The van der Waals surface area contributed by atoms with Gasteiger partial charge in [-0.05, 0) is 30.4 Å². The van der Waals surface area contributed by atoms with Crippen LogP contribution in [0.3, 0.4) is 0 Å². The fraction of sp³-hybridized carbons (Fsp3) is 0.444. The van der Waals surface area contributed by atoms with Crippen LogP contribution in [0.4, 0.5) is 4.79 Å². The maximum absolute atomic E-state index is 12.7. The van der Waals surface area contributed by atoms with Crippen LogP contribution in [0, 0.1) is 0 Å². The first-order valence-electron chi connectivity index (χ1n) is 8.38. The second kappa shape index (κ2) is 9.23. The van der Waals surface area contributed by atoms with E-state index in [1.807, 2.05) is 6.92 Å². The molecule has 1 heterocycles. The van der Waals surface area contributed by atoms with E-state index in [0.717, 1.165) is 5.75 Å². The highest BCUT2D eigenvalue weighted by Crippen LogP contribution is 2.39. The molecule has 0 unspecified atom stereocenters. The number of urea groups is 1. The molecule has 0 saturated heterocycles. The van der Waals surface area contributed by atoms with Crippen LogP contribution in [0.25, 0.3) is 0 Å². The standard InChI is InChI=1S/C18H23ClN2O5S/c1-5-27-7-6-26-17(23)14-10(2)21(3)18(24)20-15(14)11-8-12(19)16(22)13(9-11)25-4/h8-9,15,22H,5-7H2,1-4H3,(H,20,24)/t15-/m1/s1. The van der Waals surface area contributed by atoms with Crippen LogP contribution in [0.15, 0.2) is 23.4 Å². The van der Waals surface area contributed by atoms with Crippen molar-refractivity contribution in [3.05, 3.63) is 34.0 Å². The smallest absolute Gasteiger partial charge is 0.338 e. The Labute approximate surface area is 167 Å². The van der Waals surface area contributed by atoms with E-state index in [-0.39, 0.29) is 29.2 Å². The number of nitrogens with one attached hydrogen (secondary N) is 1. The van der Waals surface area contributed by atoms with E-state index >= 15 is 0 Å². The number of aromatic hydroxyl groups is 1. The Morgan fingerprint density at radius 2 is 2.15 bits per heavy atom. The summed E-state index contributed by atoms with van der Waals surface area (Å²) in [6.07, 6.45) is 0. The quantitative estimate of drug-likeness (QED) is 0.525. The number of allylic oxidation sites excluding steroid dienone is 1. The summed E-state index contributed by atoms with van der Waals surface area (Å²) >= 11 is 7.74. The molecule has 7 nitrogen and oxygen atoms in total. The van der Waals surface area contributed by atoms with Gasteiger partial charge >= 0.3 is 12.0 Å². The molecule has 1 aromatic carbocycles. The number of thioether (sulfide) groups is 1. The van der Waals surface area contributed by atoms with Crippen LogP contribution in [0.2, 0.25) is 5.02 Å². The van der Waals surface area contributed by atoms with Gasteiger partial charge in [0.15, 0.2) is 11.5 Å². The molecule has 9 heteroatoms. The molecule has 1 aliphatic heterocycles. The van der Waals surface area contributed by atoms with Gasteiger partial charge < -0.3 is 24.8 Å². The molecular formula is C18H23ClN2O5S. The molecule has 0 bridgehead atoms. The Bertz CT molecular complexity index is 768. The third kappa shape index (κ3) is 4.62. The van der Waals surface area contributed by atoms with Crippen molar-refractivity contribution < 1.29 is 24.2 Å². The van der Waals surface area contributed by atoms with Crippen LogP contribution in [-0.2, 0) is 9.53 Å². The highest BCUT2D eigenvalue weighted by Gasteiger charge is 2.35. The summed E-state index contributed by atoms with van der Waals surface area (Å²) in [5, 5.41) is 12.8. The molecule has 148 valence electrons. The third-order valence-electron chi connectivity index (χ3n) is 4.24. The number of amides is 2. The molecule has 2 N–H and O–H groups in total. The van der Waals surface area contributed by atoms with Gasteiger partial charge in [0.1, 0.15) is 6.61 Å². The van der Waals surface area contributed by atoms with Crippen LogP contribution in [0.1, 0.15) is 25.5 Å². The first-order chi connectivity index (χ1) is 12.8. The molecule has 27 heavy (non-hydrogen) atoms.